The average Bonchev–Trinajstić information content (AvgIpc) is 3.10. The Morgan fingerprint density at radius 2 is 2.16 bits per heavy atom. The summed E-state index contributed by atoms with van der Waals surface area (Å²) in [6, 6.07) is 11.2. The molecule has 0 fully saturated rings. The Bertz CT molecular complexity index is 1200. The molecule has 10 heteroatoms. The first-order chi connectivity index (χ1) is 15.0. The van der Waals surface area contributed by atoms with Crippen molar-refractivity contribution in [1.82, 2.24) is 20.1 Å². The van der Waals surface area contributed by atoms with Crippen molar-refractivity contribution in [3.8, 4) is 11.8 Å². The molecule has 2 aromatic heterocycles. The van der Waals surface area contributed by atoms with Crippen LogP contribution in [0.5, 0.6) is 5.75 Å². The van der Waals surface area contributed by atoms with Crippen molar-refractivity contribution >= 4 is 17.6 Å². The third-order valence-corrected chi connectivity index (χ3v) is 4.81. The van der Waals surface area contributed by atoms with Gasteiger partial charge in [-0.25, -0.2) is 9.37 Å². The molecule has 2 amide bonds. The van der Waals surface area contributed by atoms with Gasteiger partial charge < -0.3 is 10.1 Å². The summed E-state index contributed by atoms with van der Waals surface area (Å²) < 4.78 is 21.2. The van der Waals surface area contributed by atoms with Gasteiger partial charge in [-0.15, -0.1) is 0 Å². The fourth-order valence-corrected chi connectivity index (χ4v) is 3.23. The molecule has 0 saturated carbocycles. The number of ether oxygens (including phenoxy) is 1. The number of nitriles is 1. The highest BCUT2D eigenvalue weighted by Gasteiger charge is 2.32. The topological polar surface area (TPSA) is 113 Å². The van der Waals surface area contributed by atoms with Gasteiger partial charge in [0.05, 0.1) is 24.4 Å². The van der Waals surface area contributed by atoms with Gasteiger partial charge in [0.15, 0.2) is 23.1 Å². The number of rotatable bonds is 4. The molecule has 4 rings (SSSR count). The number of nitrogens with one attached hydrogen (secondary N) is 1. The summed E-state index contributed by atoms with van der Waals surface area (Å²) in [5.41, 5.74) is 0.616. The normalized spacial score (nSPS) is 15.5. The smallest absolute Gasteiger partial charge is 0.275 e. The molecule has 3 aromatic rings. The lowest BCUT2D eigenvalue weighted by Gasteiger charge is -2.19. The van der Waals surface area contributed by atoms with Gasteiger partial charge in [-0.3, -0.25) is 19.2 Å². The van der Waals surface area contributed by atoms with Crippen LogP contribution in [0.4, 0.5) is 10.2 Å². The van der Waals surface area contributed by atoms with Gasteiger partial charge >= 0.3 is 0 Å². The fraction of sp³-hybridized carbons (Fsp3) is 0.190. The standard InChI is InChI=1S/C21H17FN6O3/c1-27-19-17(7-4-8-24-19)31-12-16(21(27)30)25-20(29)18-15(22)11-28(26-18)10-14-6-3-2-5-13(14)9-23/h2-8,11,16H,10,12H2,1H3,(H,25,29)/t16-/m0/s1. The van der Waals surface area contributed by atoms with Gasteiger partial charge in [-0.05, 0) is 23.8 Å². The number of benzene rings is 1. The first kappa shape index (κ1) is 20.0. The highest BCUT2D eigenvalue weighted by Crippen LogP contribution is 2.27. The average molecular weight is 420 g/mol. The lowest BCUT2D eigenvalue weighted by Crippen LogP contribution is -2.49. The van der Waals surface area contributed by atoms with Gasteiger partial charge in [0.25, 0.3) is 11.8 Å². The molecular weight excluding hydrogens is 403 g/mol. The maximum absolute atomic E-state index is 14.4. The Morgan fingerprint density at radius 1 is 1.35 bits per heavy atom. The predicted molar refractivity (Wildman–Crippen MR) is 107 cm³/mol. The number of fused-ring (bicyclic) bond motifs is 1. The Kier molecular flexibility index (Phi) is 5.32. The van der Waals surface area contributed by atoms with Crippen LogP contribution in [-0.4, -0.2) is 46.3 Å². The van der Waals surface area contributed by atoms with Crippen LogP contribution in [-0.2, 0) is 11.3 Å². The SMILES string of the molecule is CN1C(=O)[C@@H](NC(=O)c2nn(Cc3ccccc3C#N)cc2F)COc2cccnc21. The molecule has 0 unspecified atom stereocenters. The largest absolute Gasteiger partial charge is 0.487 e. The van der Waals surface area contributed by atoms with E-state index in [1.165, 1.54) is 22.8 Å². The summed E-state index contributed by atoms with van der Waals surface area (Å²) >= 11 is 0. The lowest BCUT2D eigenvalue weighted by molar-refractivity contribution is -0.120. The maximum Gasteiger partial charge on any atom is 0.275 e. The quantitative estimate of drug-likeness (QED) is 0.684. The number of pyridine rings is 1. The number of halogens is 1. The zero-order valence-corrected chi connectivity index (χ0v) is 16.4. The van der Waals surface area contributed by atoms with Crippen LogP contribution in [0.15, 0.2) is 48.8 Å². The number of hydrogen-bond acceptors (Lipinski definition) is 6. The summed E-state index contributed by atoms with van der Waals surface area (Å²) in [5, 5.41) is 15.7. The molecule has 3 heterocycles. The summed E-state index contributed by atoms with van der Waals surface area (Å²) in [5.74, 6) is -1.41. The van der Waals surface area contributed by atoms with Crippen molar-refractivity contribution in [2.24, 2.45) is 0 Å². The van der Waals surface area contributed by atoms with E-state index in [0.29, 0.717) is 22.7 Å². The first-order valence-corrected chi connectivity index (χ1v) is 9.35. The molecule has 0 radical (unpaired) electrons. The van der Waals surface area contributed by atoms with Crippen LogP contribution in [0, 0.1) is 17.1 Å². The van der Waals surface area contributed by atoms with Crippen molar-refractivity contribution in [3.05, 3.63) is 71.4 Å². The van der Waals surface area contributed by atoms with E-state index < -0.39 is 29.4 Å². The Balaban J connectivity index is 1.51. The Labute approximate surface area is 176 Å². The number of likely N-dealkylation sites (N-methyl/N-ethyl adjacent to an activating group) is 1. The highest BCUT2D eigenvalue weighted by molar-refractivity contribution is 6.02. The number of anilines is 1. The van der Waals surface area contributed by atoms with Gasteiger partial charge in [0.2, 0.25) is 0 Å². The first-order valence-electron chi connectivity index (χ1n) is 9.35. The van der Waals surface area contributed by atoms with Crippen LogP contribution < -0.4 is 15.0 Å². The third kappa shape index (κ3) is 3.93. The van der Waals surface area contributed by atoms with Crippen molar-refractivity contribution < 1.29 is 18.7 Å². The Morgan fingerprint density at radius 3 is 2.97 bits per heavy atom. The zero-order valence-electron chi connectivity index (χ0n) is 16.4. The van der Waals surface area contributed by atoms with E-state index in [9.17, 15) is 19.2 Å². The summed E-state index contributed by atoms with van der Waals surface area (Å²) in [4.78, 5) is 30.8. The number of hydrogen-bond donors (Lipinski definition) is 1. The van der Waals surface area contributed by atoms with E-state index in [4.69, 9.17) is 4.74 Å². The molecule has 156 valence electrons. The second kappa shape index (κ2) is 8.23. The van der Waals surface area contributed by atoms with E-state index in [2.05, 4.69) is 21.5 Å². The molecule has 1 aliphatic heterocycles. The minimum Gasteiger partial charge on any atom is -0.487 e. The van der Waals surface area contributed by atoms with Crippen molar-refractivity contribution in [2.45, 2.75) is 12.6 Å². The highest BCUT2D eigenvalue weighted by atomic mass is 19.1. The van der Waals surface area contributed by atoms with E-state index >= 15 is 0 Å². The molecule has 31 heavy (non-hydrogen) atoms. The van der Waals surface area contributed by atoms with Crippen molar-refractivity contribution in [3.63, 3.8) is 0 Å². The number of carbonyl (C=O) groups is 2. The second-order valence-corrected chi connectivity index (χ2v) is 6.85. The molecule has 9 nitrogen and oxygen atoms in total. The molecule has 1 aliphatic rings. The minimum absolute atomic E-state index is 0.114. The van der Waals surface area contributed by atoms with E-state index in [1.54, 1.807) is 36.4 Å². The van der Waals surface area contributed by atoms with Crippen molar-refractivity contribution in [1.29, 1.82) is 5.26 Å². The fourth-order valence-electron chi connectivity index (χ4n) is 3.23. The number of amides is 2. The monoisotopic (exact) mass is 420 g/mol. The van der Waals surface area contributed by atoms with Crippen LogP contribution in [0.25, 0.3) is 0 Å². The summed E-state index contributed by atoms with van der Waals surface area (Å²) in [7, 11) is 1.52. The molecular formula is C21H17FN6O3. The molecule has 1 aromatic carbocycles. The van der Waals surface area contributed by atoms with Gasteiger partial charge in [-0.2, -0.15) is 10.4 Å². The predicted octanol–water partition coefficient (Wildman–Crippen LogP) is 1.49. The minimum atomic E-state index is -1.05. The summed E-state index contributed by atoms with van der Waals surface area (Å²) in [6.07, 6.45) is 2.59. The molecule has 0 bridgehead atoms. The zero-order chi connectivity index (χ0) is 22.0. The Hall–Kier alpha value is -4.26. The third-order valence-electron chi connectivity index (χ3n) is 4.81. The lowest BCUT2D eigenvalue weighted by atomic mass is 10.1. The summed E-state index contributed by atoms with van der Waals surface area (Å²) in [6.45, 7) is -0.0192. The van der Waals surface area contributed by atoms with Crippen LogP contribution >= 0.6 is 0 Å². The van der Waals surface area contributed by atoms with Crippen LogP contribution in [0.3, 0.4) is 0 Å². The second-order valence-electron chi connectivity index (χ2n) is 6.85. The molecule has 1 atom stereocenters. The molecule has 0 saturated heterocycles. The van der Waals surface area contributed by atoms with Gasteiger partial charge in [0.1, 0.15) is 12.6 Å². The van der Waals surface area contributed by atoms with Crippen molar-refractivity contribution in [2.75, 3.05) is 18.6 Å². The van der Waals surface area contributed by atoms with Gasteiger partial charge in [0, 0.05) is 13.2 Å². The van der Waals surface area contributed by atoms with Gasteiger partial charge in [-0.1, -0.05) is 18.2 Å². The number of aromatic nitrogens is 3. The molecule has 1 N–H and O–H groups in total. The van der Waals surface area contributed by atoms with E-state index in [0.717, 1.165) is 6.20 Å². The number of carbonyl (C=O) groups excluding carboxylic acids is 2. The molecule has 0 aliphatic carbocycles. The van der Waals surface area contributed by atoms with Crippen LogP contribution in [0.1, 0.15) is 21.6 Å². The van der Waals surface area contributed by atoms with E-state index in [-0.39, 0.29) is 13.2 Å². The maximum atomic E-state index is 14.4. The number of nitrogens with zero attached hydrogens (tertiary/aromatic N) is 5. The molecule has 0 spiro atoms. The van der Waals surface area contributed by atoms with E-state index in [1.807, 2.05) is 0 Å². The van der Waals surface area contributed by atoms with Crippen LogP contribution in [0.2, 0.25) is 0 Å².